The second-order valence-corrected chi connectivity index (χ2v) is 11.0. The highest BCUT2D eigenvalue weighted by molar-refractivity contribution is 7.16. The molecule has 5 aliphatic rings. The Morgan fingerprint density at radius 1 is 1.33 bits per heavy atom. The second kappa shape index (κ2) is 6.48. The van der Waals surface area contributed by atoms with Crippen molar-refractivity contribution in [3.05, 3.63) is 38.7 Å². The van der Waals surface area contributed by atoms with E-state index in [2.05, 4.69) is 4.90 Å². The summed E-state index contributed by atoms with van der Waals surface area (Å²) in [6.07, 6.45) is 4.70. The second-order valence-electron chi connectivity index (χ2n) is 10.2. The van der Waals surface area contributed by atoms with Crippen LogP contribution in [0.15, 0.2) is 16.2 Å². The van der Waals surface area contributed by atoms with Crippen LogP contribution in [0, 0.1) is 29.0 Å². The zero-order chi connectivity index (χ0) is 22.6. The average molecular weight is 470 g/mol. The lowest BCUT2D eigenvalue weighted by molar-refractivity contribution is -0.0266. The molecular weight excluding hydrogens is 445 g/mol. The third-order valence-corrected chi connectivity index (χ3v) is 9.97. The molecule has 7 nitrogen and oxygen atoms in total. The molecule has 0 spiro atoms. The molecule has 4 fully saturated rings. The smallest absolute Gasteiger partial charge is 0.342 e. The van der Waals surface area contributed by atoms with E-state index in [4.69, 9.17) is 10.5 Å². The van der Waals surface area contributed by atoms with Gasteiger partial charge in [-0.1, -0.05) is 0 Å². The SMILES string of the molecule is NCC12CCC(CC1)C1CN(c3c(F)cc4c(=O)c(C(=O)O)c5scc6n5c4c3OC6)CC12. The summed E-state index contributed by atoms with van der Waals surface area (Å²) in [6, 6.07) is 1.21. The zero-order valence-electron chi connectivity index (χ0n) is 18.0. The van der Waals surface area contributed by atoms with E-state index in [1.165, 1.54) is 30.2 Å². The summed E-state index contributed by atoms with van der Waals surface area (Å²) >= 11 is 1.21. The van der Waals surface area contributed by atoms with Gasteiger partial charge in [0.25, 0.3) is 0 Å². The number of nitrogens with two attached hydrogens (primary N) is 1. The molecule has 1 aromatic carbocycles. The van der Waals surface area contributed by atoms with Crippen LogP contribution in [0.1, 0.15) is 41.7 Å². The normalized spacial score (nSPS) is 29.8. The number of halogens is 1. The van der Waals surface area contributed by atoms with Crippen molar-refractivity contribution in [1.82, 2.24) is 4.40 Å². The lowest BCUT2D eigenvalue weighted by atomic mass is 9.51. The molecule has 0 radical (unpaired) electrons. The molecule has 0 amide bonds. The molecule has 1 saturated heterocycles. The number of rotatable bonds is 3. The number of nitrogens with zero attached hydrogens (tertiary/aromatic N) is 2. The minimum absolute atomic E-state index is 0.0515. The van der Waals surface area contributed by atoms with E-state index in [-0.39, 0.29) is 23.0 Å². The molecule has 9 heteroatoms. The van der Waals surface area contributed by atoms with Crippen molar-refractivity contribution in [2.24, 2.45) is 28.9 Å². The molecule has 33 heavy (non-hydrogen) atoms. The molecule has 2 aliphatic heterocycles. The number of pyridine rings is 1. The largest absolute Gasteiger partial charge is 0.483 e. The van der Waals surface area contributed by atoms with Gasteiger partial charge in [0, 0.05) is 18.5 Å². The van der Waals surface area contributed by atoms with E-state index < -0.39 is 17.2 Å². The Hall–Kier alpha value is -2.65. The molecule has 3 aromatic rings. The molecule has 2 unspecified atom stereocenters. The predicted octanol–water partition coefficient (Wildman–Crippen LogP) is 3.45. The number of ether oxygens (including phenoxy) is 1. The molecule has 3 saturated carbocycles. The third kappa shape index (κ3) is 2.36. The number of hydrogen-bond acceptors (Lipinski definition) is 6. The van der Waals surface area contributed by atoms with Crippen LogP contribution < -0.4 is 20.8 Å². The number of aromatic carboxylic acids is 1. The van der Waals surface area contributed by atoms with Gasteiger partial charge in [-0.25, -0.2) is 9.18 Å². The van der Waals surface area contributed by atoms with Gasteiger partial charge in [0.2, 0.25) is 5.43 Å². The zero-order valence-corrected chi connectivity index (χ0v) is 18.8. The van der Waals surface area contributed by atoms with E-state index in [1.807, 2.05) is 0 Å². The highest BCUT2D eigenvalue weighted by atomic mass is 32.1. The fraction of sp³-hybridized carbons (Fsp3) is 0.500. The Morgan fingerprint density at radius 2 is 2.12 bits per heavy atom. The van der Waals surface area contributed by atoms with Crippen LogP contribution in [-0.2, 0) is 6.61 Å². The topological polar surface area (TPSA) is 97.3 Å². The van der Waals surface area contributed by atoms with E-state index in [1.54, 1.807) is 9.78 Å². The van der Waals surface area contributed by atoms with E-state index in [9.17, 15) is 14.7 Å². The molecule has 4 heterocycles. The maximum atomic E-state index is 15.7. The van der Waals surface area contributed by atoms with Crippen molar-refractivity contribution >= 4 is 38.7 Å². The van der Waals surface area contributed by atoms with Gasteiger partial charge in [0.15, 0.2) is 11.6 Å². The molecule has 8 rings (SSSR count). The van der Waals surface area contributed by atoms with Gasteiger partial charge in [0.1, 0.15) is 28.2 Å². The summed E-state index contributed by atoms with van der Waals surface area (Å²) in [7, 11) is 0. The average Bonchev–Trinajstić information content (AvgIpc) is 3.45. The lowest BCUT2D eigenvalue weighted by Crippen LogP contribution is -2.51. The van der Waals surface area contributed by atoms with Crippen LogP contribution in [0.4, 0.5) is 10.1 Å². The summed E-state index contributed by atoms with van der Waals surface area (Å²) in [4.78, 5) is 27.4. The highest BCUT2D eigenvalue weighted by Gasteiger charge is 2.56. The first-order chi connectivity index (χ1) is 15.9. The molecule has 3 N–H and O–H groups in total. The lowest BCUT2D eigenvalue weighted by Gasteiger charge is -2.53. The van der Waals surface area contributed by atoms with Crippen molar-refractivity contribution in [3.63, 3.8) is 0 Å². The standard InChI is InChI=1S/C24H24FN3O4S/c25-16-5-13-18-21(32-8-12-9-33-22(28(12)18)17(20(13)29)23(30)31)19(16)27-6-14-11-1-3-24(10-26,4-2-11)15(14)7-27/h5,9,11,14-15H,1-4,6-8,10,26H2,(H,30,31). The van der Waals surface area contributed by atoms with Gasteiger partial charge in [0.05, 0.1) is 11.1 Å². The summed E-state index contributed by atoms with van der Waals surface area (Å²) in [5.41, 5.74) is 7.09. The maximum Gasteiger partial charge on any atom is 0.342 e. The van der Waals surface area contributed by atoms with Gasteiger partial charge in [-0.05, 0) is 61.5 Å². The van der Waals surface area contributed by atoms with Gasteiger partial charge in [-0.15, -0.1) is 11.3 Å². The number of fused-ring (bicyclic) bond motifs is 2. The number of benzene rings is 1. The first-order valence-corrected chi connectivity index (χ1v) is 12.4. The van der Waals surface area contributed by atoms with Crippen LogP contribution in [0.3, 0.4) is 0 Å². The van der Waals surface area contributed by atoms with Gasteiger partial charge in [-0.2, -0.15) is 0 Å². The first-order valence-electron chi connectivity index (χ1n) is 11.6. The number of aromatic nitrogens is 1. The van der Waals surface area contributed by atoms with Crippen LogP contribution >= 0.6 is 11.3 Å². The van der Waals surface area contributed by atoms with Crippen molar-refractivity contribution in [1.29, 1.82) is 0 Å². The minimum atomic E-state index is -1.30. The molecule has 3 aliphatic carbocycles. The molecule has 2 aromatic heterocycles. The van der Waals surface area contributed by atoms with Gasteiger partial charge < -0.3 is 20.5 Å². The monoisotopic (exact) mass is 469 g/mol. The number of carboxylic acid groups (broad SMARTS) is 1. The summed E-state index contributed by atoms with van der Waals surface area (Å²) in [6.45, 7) is 2.37. The Morgan fingerprint density at radius 3 is 2.85 bits per heavy atom. The maximum absolute atomic E-state index is 15.7. The Balaban J connectivity index is 1.45. The highest BCUT2D eigenvalue weighted by Crippen LogP contribution is 2.59. The van der Waals surface area contributed by atoms with Crippen molar-refractivity contribution in [3.8, 4) is 5.75 Å². The predicted molar refractivity (Wildman–Crippen MR) is 123 cm³/mol. The summed E-state index contributed by atoms with van der Waals surface area (Å²) in [5.74, 6) is 0.118. The Kier molecular flexibility index (Phi) is 3.88. The first kappa shape index (κ1) is 19.8. The van der Waals surface area contributed by atoms with E-state index >= 15 is 4.39 Å². The van der Waals surface area contributed by atoms with Crippen molar-refractivity contribution in [2.75, 3.05) is 24.5 Å². The fourth-order valence-electron chi connectivity index (χ4n) is 7.38. The number of carbonyl (C=O) groups is 1. The van der Waals surface area contributed by atoms with E-state index in [0.717, 1.165) is 31.6 Å². The van der Waals surface area contributed by atoms with Crippen LogP contribution in [0.5, 0.6) is 5.75 Å². The summed E-state index contributed by atoms with van der Waals surface area (Å²) < 4.78 is 23.6. The Labute approximate surface area is 192 Å². The quantitative estimate of drug-likeness (QED) is 0.610. The van der Waals surface area contributed by atoms with E-state index in [0.29, 0.717) is 46.1 Å². The number of carboxylic acids is 1. The number of anilines is 1. The number of hydrogen-bond donors (Lipinski definition) is 2. The molecule has 2 atom stereocenters. The van der Waals surface area contributed by atoms with Crippen LogP contribution in [0.25, 0.3) is 15.7 Å². The third-order valence-electron chi connectivity index (χ3n) is 8.97. The molecule has 2 bridgehead atoms. The Bertz CT molecular complexity index is 1420. The number of thiazole rings is 1. The van der Waals surface area contributed by atoms with Crippen LogP contribution in [0.2, 0.25) is 0 Å². The van der Waals surface area contributed by atoms with Crippen molar-refractivity contribution < 1.29 is 19.0 Å². The summed E-state index contributed by atoms with van der Waals surface area (Å²) in [5, 5.41) is 11.5. The van der Waals surface area contributed by atoms with Gasteiger partial charge >= 0.3 is 5.97 Å². The molecular formula is C24H24FN3O4S. The van der Waals surface area contributed by atoms with Crippen molar-refractivity contribution in [2.45, 2.75) is 32.3 Å². The molecule has 172 valence electrons. The fourth-order valence-corrected chi connectivity index (χ4v) is 8.41. The van der Waals surface area contributed by atoms with Gasteiger partial charge in [-0.3, -0.25) is 9.20 Å². The van der Waals surface area contributed by atoms with Crippen LogP contribution in [-0.4, -0.2) is 35.1 Å². The minimum Gasteiger partial charge on any atom is -0.483 e.